The minimum Gasteiger partial charge on any atom is -0.354 e. The van der Waals surface area contributed by atoms with E-state index >= 15 is 0 Å². The number of H-pyrrole nitrogens is 1. The summed E-state index contributed by atoms with van der Waals surface area (Å²) in [6, 6.07) is 7.64. The summed E-state index contributed by atoms with van der Waals surface area (Å²) in [5, 5.41) is 15.2. The standard InChI is InChI=1S/C18H21N7O2S/c1-12-18(13(2)22-21-12)28(26,27)20-9-14-10-25(11-14)17-4-3-16(23-24-17)15-5-7-19-8-6-15/h3-8,14,20H,9-11H2,1-2H3,(H,21,22). The lowest BCUT2D eigenvalue weighted by molar-refractivity contribution is 0.402. The zero-order chi connectivity index (χ0) is 19.7. The molecule has 10 heteroatoms. The van der Waals surface area contributed by atoms with Crippen LogP contribution in [0.15, 0.2) is 41.6 Å². The van der Waals surface area contributed by atoms with Crippen LogP contribution in [0.5, 0.6) is 0 Å². The number of anilines is 1. The molecule has 4 rings (SSSR count). The number of hydrogen-bond donors (Lipinski definition) is 2. The first-order valence-electron chi connectivity index (χ1n) is 8.94. The molecular formula is C18H21N7O2S. The molecule has 0 aliphatic carbocycles. The van der Waals surface area contributed by atoms with Crippen molar-refractivity contribution in [1.82, 2.24) is 30.1 Å². The van der Waals surface area contributed by atoms with Crippen molar-refractivity contribution in [1.29, 1.82) is 0 Å². The van der Waals surface area contributed by atoms with Gasteiger partial charge < -0.3 is 4.90 Å². The van der Waals surface area contributed by atoms with Gasteiger partial charge in [0.15, 0.2) is 5.82 Å². The van der Waals surface area contributed by atoms with Crippen molar-refractivity contribution >= 4 is 15.8 Å². The molecule has 0 amide bonds. The number of aryl methyl sites for hydroxylation is 2. The van der Waals surface area contributed by atoms with Gasteiger partial charge >= 0.3 is 0 Å². The Morgan fingerprint density at radius 1 is 1.14 bits per heavy atom. The summed E-state index contributed by atoms with van der Waals surface area (Å²) in [6.07, 6.45) is 3.44. The second-order valence-corrected chi connectivity index (χ2v) is 8.60. The predicted molar refractivity (Wildman–Crippen MR) is 104 cm³/mol. The number of rotatable bonds is 6. The Morgan fingerprint density at radius 2 is 1.89 bits per heavy atom. The molecule has 0 spiro atoms. The monoisotopic (exact) mass is 399 g/mol. The first-order chi connectivity index (χ1) is 13.4. The number of nitrogens with one attached hydrogen (secondary N) is 2. The Balaban J connectivity index is 1.33. The van der Waals surface area contributed by atoms with Gasteiger partial charge in [0.05, 0.1) is 17.1 Å². The zero-order valence-electron chi connectivity index (χ0n) is 15.6. The van der Waals surface area contributed by atoms with Crippen molar-refractivity contribution < 1.29 is 8.42 Å². The van der Waals surface area contributed by atoms with Crippen LogP contribution < -0.4 is 9.62 Å². The Bertz CT molecular complexity index is 1040. The van der Waals surface area contributed by atoms with Gasteiger partial charge in [0, 0.05) is 43.5 Å². The van der Waals surface area contributed by atoms with E-state index in [1.54, 1.807) is 26.2 Å². The lowest BCUT2D eigenvalue weighted by Gasteiger charge is -2.39. The summed E-state index contributed by atoms with van der Waals surface area (Å²) < 4.78 is 27.7. The molecule has 28 heavy (non-hydrogen) atoms. The van der Waals surface area contributed by atoms with E-state index in [9.17, 15) is 8.42 Å². The molecular weight excluding hydrogens is 378 g/mol. The zero-order valence-corrected chi connectivity index (χ0v) is 16.4. The fraction of sp³-hybridized carbons (Fsp3) is 0.333. The maximum atomic E-state index is 12.5. The van der Waals surface area contributed by atoms with Crippen LogP contribution in [-0.4, -0.2) is 53.4 Å². The molecule has 1 saturated heterocycles. The summed E-state index contributed by atoms with van der Waals surface area (Å²) in [5.74, 6) is 1.02. The summed E-state index contributed by atoms with van der Waals surface area (Å²) in [4.78, 5) is 6.31. The largest absolute Gasteiger partial charge is 0.354 e. The Labute approximate surface area is 163 Å². The SMILES string of the molecule is Cc1n[nH]c(C)c1S(=O)(=O)NCC1CN(c2ccc(-c3ccncc3)nn2)C1. The molecule has 0 radical (unpaired) electrons. The minimum atomic E-state index is -3.56. The lowest BCUT2D eigenvalue weighted by Crippen LogP contribution is -2.51. The van der Waals surface area contributed by atoms with E-state index in [0.29, 0.717) is 17.9 Å². The second-order valence-electron chi connectivity index (χ2n) is 6.90. The first-order valence-corrected chi connectivity index (χ1v) is 10.4. The molecule has 0 aromatic carbocycles. The van der Waals surface area contributed by atoms with Gasteiger partial charge in [-0.15, -0.1) is 10.2 Å². The maximum Gasteiger partial charge on any atom is 0.244 e. The lowest BCUT2D eigenvalue weighted by atomic mass is 10.0. The summed E-state index contributed by atoms with van der Waals surface area (Å²) in [6.45, 7) is 5.22. The number of nitrogens with zero attached hydrogens (tertiary/aromatic N) is 5. The predicted octanol–water partition coefficient (Wildman–Crippen LogP) is 1.29. The van der Waals surface area contributed by atoms with Crippen molar-refractivity contribution in [3.05, 3.63) is 48.0 Å². The summed E-state index contributed by atoms with van der Waals surface area (Å²) >= 11 is 0. The average molecular weight is 399 g/mol. The van der Waals surface area contributed by atoms with Gasteiger partial charge in [-0.3, -0.25) is 10.1 Å². The van der Waals surface area contributed by atoms with E-state index in [-0.39, 0.29) is 10.8 Å². The molecule has 1 aliphatic rings. The summed E-state index contributed by atoms with van der Waals surface area (Å²) in [7, 11) is -3.56. The molecule has 3 aromatic heterocycles. The highest BCUT2D eigenvalue weighted by atomic mass is 32.2. The molecule has 0 saturated carbocycles. The number of hydrogen-bond acceptors (Lipinski definition) is 7. The normalized spacial score (nSPS) is 14.9. The second kappa shape index (κ2) is 7.28. The topological polar surface area (TPSA) is 117 Å². The van der Waals surface area contributed by atoms with Gasteiger partial charge in [-0.05, 0) is 38.1 Å². The van der Waals surface area contributed by atoms with Crippen molar-refractivity contribution in [3.63, 3.8) is 0 Å². The molecule has 1 fully saturated rings. The van der Waals surface area contributed by atoms with E-state index in [0.717, 1.165) is 30.2 Å². The van der Waals surface area contributed by atoms with Crippen LogP contribution in [0.4, 0.5) is 5.82 Å². The Kier molecular flexibility index (Phi) is 4.82. The van der Waals surface area contributed by atoms with Crippen LogP contribution in [0, 0.1) is 19.8 Å². The van der Waals surface area contributed by atoms with Gasteiger partial charge in [-0.25, -0.2) is 13.1 Å². The molecule has 146 valence electrons. The average Bonchev–Trinajstić information content (AvgIpc) is 3.01. The smallest absolute Gasteiger partial charge is 0.244 e. The van der Waals surface area contributed by atoms with Gasteiger partial charge in [0.25, 0.3) is 0 Å². The molecule has 9 nitrogen and oxygen atoms in total. The number of pyridine rings is 1. The van der Waals surface area contributed by atoms with Crippen molar-refractivity contribution in [2.24, 2.45) is 5.92 Å². The third-order valence-corrected chi connectivity index (χ3v) is 6.48. The van der Waals surface area contributed by atoms with Crippen molar-refractivity contribution in [2.75, 3.05) is 24.5 Å². The van der Waals surface area contributed by atoms with E-state index in [2.05, 4.69) is 35.0 Å². The van der Waals surface area contributed by atoms with Gasteiger partial charge in [0.2, 0.25) is 10.0 Å². The fourth-order valence-corrected chi connectivity index (χ4v) is 4.78. The van der Waals surface area contributed by atoms with Gasteiger partial charge in [-0.2, -0.15) is 5.10 Å². The molecule has 3 aromatic rings. The number of aromatic nitrogens is 5. The first kappa shape index (κ1) is 18.5. The third kappa shape index (κ3) is 3.60. The van der Waals surface area contributed by atoms with Crippen molar-refractivity contribution in [2.45, 2.75) is 18.7 Å². The molecule has 2 N–H and O–H groups in total. The molecule has 4 heterocycles. The van der Waals surface area contributed by atoms with Crippen LogP contribution in [0.3, 0.4) is 0 Å². The van der Waals surface area contributed by atoms with E-state index in [4.69, 9.17) is 0 Å². The number of aromatic amines is 1. The van der Waals surface area contributed by atoms with Crippen LogP contribution in [0.1, 0.15) is 11.4 Å². The van der Waals surface area contributed by atoms with Crippen LogP contribution in [-0.2, 0) is 10.0 Å². The Hall–Kier alpha value is -2.85. The van der Waals surface area contributed by atoms with Gasteiger partial charge in [0.1, 0.15) is 4.90 Å². The minimum absolute atomic E-state index is 0.226. The van der Waals surface area contributed by atoms with E-state index < -0.39 is 10.0 Å². The van der Waals surface area contributed by atoms with Crippen LogP contribution in [0.2, 0.25) is 0 Å². The molecule has 0 bridgehead atoms. The quantitative estimate of drug-likeness (QED) is 0.641. The van der Waals surface area contributed by atoms with Crippen molar-refractivity contribution in [3.8, 4) is 11.3 Å². The number of sulfonamides is 1. The molecule has 0 atom stereocenters. The highest BCUT2D eigenvalue weighted by Crippen LogP contribution is 2.24. The highest BCUT2D eigenvalue weighted by Gasteiger charge is 2.30. The van der Waals surface area contributed by atoms with E-state index in [1.165, 1.54) is 0 Å². The van der Waals surface area contributed by atoms with E-state index in [1.807, 2.05) is 24.3 Å². The maximum absolute atomic E-state index is 12.5. The van der Waals surface area contributed by atoms with Gasteiger partial charge in [-0.1, -0.05) is 0 Å². The molecule has 1 aliphatic heterocycles. The van der Waals surface area contributed by atoms with Crippen LogP contribution >= 0.6 is 0 Å². The Morgan fingerprint density at radius 3 is 2.50 bits per heavy atom. The third-order valence-electron chi connectivity index (χ3n) is 4.80. The fourth-order valence-electron chi connectivity index (χ4n) is 3.29. The van der Waals surface area contributed by atoms with Crippen LogP contribution in [0.25, 0.3) is 11.3 Å². The highest BCUT2D eigenvalue weighted by molar-refractivity contribution is 7.89. The summed E-state index contributed by atoms with van der Waals surface area (Å²) in [5.41, 5.74) is 2.78. The molecule has 0 unspecified atom stereocenters.